The monoisotopic (exact) mass is 271 g/mol. The number of benzene rings is 2. The second-order valence-electron chi connectivity index (χ2n) is 5.49. The molecule has 1 heterocycles. The first kappa shape index (κ1) is 13.4. The lowest BCUT2D eigenvalue weighted by Gasteiger charge is -2.37. The third-order valence-electron chi connectivity index (χ3n) is 4.27. The Labute approximate surface area is 120 Å². The number of nitrogens with zero attached hydrogens (tertiary/aromatic N) is 1. The molecule has 0 aliphatic carbocycles. The van der Waals surface area contributed by atoms with Crippen LogP contribution in [0.2, 0.25) is 0 Å². The summed E-state index contributed by atoms with van der Waals surface area (Å²) < 4.78 is 11.2. The van der Waals surface area contributed by atoms with Gasteiger partial charge in [0.1, 0.15) is 5.75 Å². The van der Waals surface area contributed by atoms with Crippen LogP contribution in [0.1, 0.15) is 18.6 Å². The highest BCUT2D eigenvalue weighted by Gasteiger charge is 2.27. The molecule has 0 N–H and O–H groups in total. The van der Waals surface area contributed by atoms with E-state index in [4.69, 9.17) is 9.47 Å². The largest absolute Gasteiger partial charge is 0.497 e. The fourth-order valence-corrected chi connectivity index (χ4v) is 2.82. The molecule has 3 nitrogen and oxygen atoms in total. The molecule has 1 aliphatic heterocycles. The van der Waals surface area contributed by atoms with Gasteiger partial charge in [0.2, 0.25) is 0 Å². The minimum atomic E-state index is 0.153. The summed E-state index contributed by atoms with van der Waals surface area (Å²) >= 11 is 0. The SMILES string of the molecule is COc1ccc2cc(C3OCCN(C)C3C)ccc2c1. The number of hydrogen-bond acceptors (Lipinski definition) is 3. The molecular weight excluding hydrogens is 250 g/mol. The van der Waals surface area contributed by atoms with Crippen LogP contribution in [0, 0.1) is 0 Å². The molecule has 2 aromatic carbocycles. The van der Waals surface area contributed by atoms with Crippen molar-refractivity contribution in [3.8, 4) is 5.75 Å². The molecule has 106 valence electrons. The van der Waals surface area contributed by atoms with Crippen LogP contribution < -0.4 is 4.74 Å². The van der Waals surface area contributed by atoms with Gasteiger partial charge in [0.05, 0.1) is 19.8 Å². The maximum Gasteiger partial charge on any atom is 0.119 e. The van der Waals surface area contributed by atoms with Crippen LogP contribution in [0.5, 0.6) is 5.75 Å². The van der Waals surface area contributed by atoms with Crippen LogP contribution in [0.15, 0.2) is 36.4 Å². The molecule has 2 atom stereocenters. The van der Waals surface area contributed by atoms with Crippen molar-refractivity contribution in [3.05, 3.63) is 42.0 Å². The number of hydrogen-bond donors (Lipinski definition) is 0. The molecule has 0 aromatic heterocycles. The molecule has 3 rings (SSSR count). The molecule has 20 heavy (non-hydrogen) atoms. The summed E-state index contributed by atoms with van der Waals surface area (Å²) in [7, 11) is 3.86. The molecule has 0 spiro atoms. The molecule has 1 aliphatic rings. The molecule has 3 heteroatoms. The number of rotatable bonds is 2. The van der Waals surface area contributed by atoms with E-state index in [1.807, 2.05) is 6.07 Å². The maximum atomic E-state index is 5.97. The average Bonchev–Trinajstić information content (AvgIpc) is 2.49. The third kappa shape index (κ3) is 2.39. The van der Waals surface area contributed by atoms with Crippen LogP contribution in [0.25, 0.3) is 10.8 Å². The predicted molar refractivity (Wildman–Crippen MR) is 81.3 cm³/mol. The number of fused-ring (bicyclic) bond motifs is 1. The molecule has 0 saturated carbocycles. The van der Waals surface area contributed by atoms with Crippen molar-refractivity contribution in [2.45, 2.75) is 19.1 Å². The van der Waals surface area contributed by atoms with Crippen molar-refractivity contribution in [2.24, 2.45) is 0 Å². The van der Waals surface area contributed by atoms with Gasteiger partial charge < -0.3 is 9.47 Å². The van der Waals surface area contributed by atoms with Gasteiger partial charge in [-0.25, -0.2) is 0 Å². The Bertz CT molecular complexity index is 611. The van der Waals surface area contributed by atoms with Crippen LogP contribution in [-0.4, -0.2) is 38.3 Å². The second-order valence-corrected chi connectivity index (χ2v) is 5.49. The van der Waals surface area contributed by atoms with Crippen molar-refractivity contribution in [1.29, 1.82) is 0 Å². The highest BCUT2D eigenvalue weighted by Crippen LogP contribution is 2.30. The van der Waals surface area contributed by atoms with E-state index in [2.05, 4.69) is 49.2 Å². The first-order chi connectivity index (χ1) is 9.69. The fraction of sp³-hybridized carbons (Fsp3) is 0.412. The van der Waals surface area contributed by atoms with E-state index in [-0.39, 0.29) is 6.10 Å². The zero-order valence-corrected chi connectivity index (χ0v) is 12.3. The van der Waals surface area contributed by atoms with E-state index in [9.17, 15) is 0 Å². The fourth-order valence-electron chi connectivity index (χ4n) is 2.82. The average molecular weight is 271 g/mol. The van der Waals surface area contributed by atoms with E-state index in [0.29, 0.717) is 6.04 Å². The Morgan fingerprint density at radius 1 is 1.15 bits per heavy atom. The number of ether oxygens (including phenoxy) is 2. The Hall–Kier alpha value is -1.58. The zero-order valence-electron chi connectivity index (χ0n) is 12.3. The van der Waals surface area contributed by atoms with Crippen molar-refractivity contribution in [2.75, 3.05) is 27.3 Å². The number of methoxy groups -OCH3 is 1. The smallest absolute Gasteiger partial charge is 0.119 e. The van der Waals surface area contributed by atoms with Crippen LogP contribution in [-0.2, 0) is 4.74 Å². The van der Waals surface area contributed by atoms with Gasteiger partial charge in [0, 0.05) is 12.6 Å². The van der Waals surface area contributed by atoms with Gasteiger partial charge in [-0.15, -0.1) is 0 Å². The molecule has 1 saturated heterocycles. The van der Waals surface area contributed by atoms with Crippen molar-refractivity contribution >= 4 is 10.8 Å². The lowest BCUT2D eigenvalue weighted by molar-refractivity contribution is -0.0571. The summed E-state index contributed by atoms with van der Waals surface area (Å²) in [5.74, 6) is 0.896. The van der Waals surface area contributed by atoms with E-state index >= 15 is 0 Å². The van der Waals surface area contributed by atoms with E-state index in [0.717, 1.165) is 18.9 Å². The zero-order chi connectivity index (χ0) is 14.1. The first-order valence-corrected chi connectivity index (χ1v) is 7.08. The van der Waals surface area contributed by atoms with Gasteiger partial charge in [-0.05, 0) is 48.5 Å². The molecule has 0 radical (unpaired) electrons. The summed E-state index contributed by atoms with van der Waals surface area (Å²) in [4.78, 5) is 2.35. The highest BCUT2D eigenvalue weighted by atomic mass is 16.5. The summed E-state index contributed by atoms with van der Waals surface area (Å²) in [5.41, 5.74) is 1.25. The van der Waals surface area contributed by atoms with Crippen LogP contribution in [0.3, 0.4) is 0 Å². The van der Waals surface area contributed by atoms with E-state index in [1.54, 1.807) is 7.11 Å². The number of likely N-dealkylation sites (N-methyl/N-ethyl adjacent to an activating group) is 1. The Morgan fingerprint density at radius 3 is 2.70 bits per heavy atom. The normalized spacial score (nSPS) is 23.9. The van der Waals surface area contributed by atoms with Gasteiger partial charge >= 0.3 is 0 Å². The quantitative estimate of drug-likeness (QED) is 0.837. The van der Waals surface area contributed by atoms with Gasteiger partial charge in [0.25, 0.3) is 0 Å². The van der Waals surface area contributed by atoms with Gasteiger partial charge in [-0.2, -0.15) is 0 Å². The highest BCUT2D eigenvalue weighted by molar-refractivity contribution is 5.84. The molecule has 0 bridgehead atoms. The minimum absolute atomic E-state index is 0.153. The van der Waals surface area contributed by atoms with Crippen molar-refractivity contribution < 1.29 is 9.47 Å². The molecule has 2 aromatic rings. The number of morpholine rings is 1. The van der Waals surface area contributed by atoms with Gasteiger partial charge in [-0.3, -0.25) is 4.90 Å². The van der Waals surface area contributed by atoms with E-state index < -0.39 is 0 Å². The second kappa shape index (κ2) is 5.43. The van der Waals surface area contributed by atoms with Crippen molar-refractivity contribution in [3.63, 3.8) is 0 Å². The lowest BCUT2D eigenvalue weighted by atomic mass is 9.98. The topological polar surface area (TPSA) is 21.7 Å². The summed E-state index contributed by atoms with van der Waals surface area (Å²) in [6, 6.07) is 13.1. The van der Waals surface area contributed by atoms with Gasteiger partial charge in [-0.1, -0.05) is 18.2 Å². The summed E-state index contributed by atoms with van der Waals surface area (Å²) in [5, 5.41) is 2.43. The molecular formula is C17H21NO2. The Kier molecular flexibility index (Phi) is 3.64. The molecule has 1 fully saturated rings. The third-order valence-corrected chi connectivity index (χ3v) is 4.27. The standard InChI is InChI=1S/C17H21NO2/c1-12-17(20-9-8-18(12)2)15-5-4-14-11-16(19-3)7-6-13(14)10-15/h4-7,10-12,17H,8-9H2,1-3H3. The Balaban J connectivity index is 1.96. The summed E-state index contributed by atoms with van der Waals surface area (Å²) in [6.07, 6.45) is 0.153. The Morgan fingerprint density at radius 2 is 1.90 bits per heavy atom. The molecule has 2 unspecified atom stereocenters. The van der Waals surface area contributed by atoms with Crippen LogP contribution >= 0.6 is 0 Å². The van der Waals surface area contributed by atoms with Crippen molar-refractivity contribution in [1.82, 2.24) is 4.90 Å². The van der Waals surface area contributed by atoms with Crippen LogP contribution in [0.4, 0.5) is 0 Å². The minimum Gasteiger partial charge on any atom is -0.497 e. The lowest BCUT2D eigenvalue weighted by Crippen LogP contribution is -2.42. The van der Waals surface area contributed by atoms with E-state index in [1.165, 1.54) is 16.3 Å². The first-order valence-electron chi connectivity index (χ1n) is 7.08. The predicted octanol–water partition coefficient (Wildman–Crippen LogP) is 3.24. The van der Waals surface area contributed by atoms with Gasteiger partial charge in [0.15, 0.2) is 0 Å². The molecule has 0 amide bonds. The maximum absolute atomic E-state index is 5.97. The summed E-state index contributed by atoms with van der Waals surface area (Å²) in [6.45, 7) is 4.02.